The quantitative estimate of drug-likeness (QED) is 0.710. The van der Waals surface area contributed by atoms with Gasteiger partial charge in [-0.25, -0.2) is 4.79 Å². The molecule has 0 saturated carbocycles. The standard InChI is InChI=1S/C11H20N2O3.ClH/c1-11(2,3)16-10(14)13-6-8-9(7-13)15-5-4-12-8;/h8-9,12H,4-7H2,1-3H3;1H/t8-,9-;/m1./s1. The van der Waals surface area contributed by atoms with E-state index in [4.69, 9.17) is 9.47 Å². The number of likely N-dealkylation sites (tertiary alicyclic amines) is 1. The van der Waals surface area contributed by atoms with Gasteiger partial charge in [0.05, 0.1) is 25.3 Å². The highest BCUT2D eigenvalue weighted by atomic mass is 35.5. The molecule has 0 aliphatic carbocycles. The van der Waals surface area contributed by atoms with Crippen molar-refractivity contribution in [1.82, 2.24) is 10.2 Å². The van der Waals surface area contributed by atoms with Gasteiger partial charge in [-0.15, -0.1) is 12.4 Å². The van der Waals surface area contributed by atoms with Crippen LogP contribution >= 0.6 is 12.4 Å². The van der Waals surface area contributed by atoms with Gasteiger partial charge in [-0.3, -0.25) is 0 Å². The highest BCUT2D eigenvalue weighted by molar-refractivity contribution is 5.85. The summed E-state index contributed by atoms with van der Waals surface area (Å²) < 4.78 is 10.9. The van der Waals surface area contributed by atoms with Gasteiger partial charge in [-0.1, -0.05) is 0 Å². The summed E-state index contributed by atoms with van der Waals surface area (Å²) in [5.41, 5.74) is -0.431. The van der Waals surface area contributed by atoms with Crippen molar-refractivity contribution in [3.05, 3.63) is 0 Å². The SMILES string of the molecule is CC(C)(C)OC(=O)N1C[C@H]2NCCO[C@@H]2C1.Cl. The van der Waals surface area contributed by atoms with Gasteiger partial charge >= 0.3 is 6.09 Å². The first kappa shape index (κ1) is 14.5. The van der Waals surface area contributed by atoms with Crippen LogP contribution in [0, 0.1) is 0 Å². The molecule has 0 radical (unpaired) electrons. The molecule has 0 aromatic carbocycles. The van der Waals surface area contributed by atoms with Crippen LogP contribution in [-0.2, 0) is 9.47 Å². The summed E-state index contributed by atoms with van der Waals surface area (Å²) >= 11 is 0. The first-order valence-corrected chi connectivity index (χ1v) is 5.78. The van der Waals surface area contributed by atoms with Gasteiger partial charge in [0.15, 0.2) is 0 Å². The van der Waals surface area contributed by atoms with Crippen molar-refractivity contribution in [2.45, 2.75) is 38.5 Å². The van der Waals surface area contributed by atoms with Crippen molar-refractivity contribution >= 4 is 18.5 Å². The third-order valence-corrected chi connectivity index (χ3v) is 2.76. The predicted octanol–water partition coefficient (Wildman–Crippen LogP) is 1.02. The molecule has 2 aliphatic rings. The van der Waals surface area contributed by atoms with Gasteiger partial charge < -0.3 is 19.7 Å². The number of carbonyl (C=O) groups is 1. The lowest BCUT2D eigenvalue weighted by molar-refractivity contribution is 0.0104. The molecule has 0 bridgehead atoms. The van der Waals surface area contributed by atoms with Gasteiger partial charge in [-0.2, -0.15) is 0 Å². The third-order valence-electron chi connectivity index (χ3n) is 2.76. The number of carbonyl (C=O) groups excluding carboxylic acids is 1. The summed E-state index contributed by atoms with van der Waals surface area (Å²) in [6, 6.07) is 0.265. The summed E-state index contributed by atoms with van der Waals surface area (Å²) in [7, 11) is 0. The Kier molecular flexibility index (Phi) is 4.63. The van der Waals surface area contributed by atoms with E-state index in [1.165, 1.54) is 0 Å². The van der Waals surface area contributed by atoms with Crippen LogP contribution in [0.15, 0.2) is 0 Å². The van der Waals surface area contributed by atoms with Gasteiger partial charge in [0, 0.05) is 13.1 Å². The number of morpholine rings is 1. The van der Waals surface area contributed by atoms with E-state index in [0.717, 1.165) is 13.2 Å². The van der Waals surface area contributed by atoms with Gasteiger partial charge in [0.25, 0.3) is 0 Å². The maximum absolute atomic E-state index is 11.8. The normalized spacial score (nSPS) is 28.3. The molecule has 5 nitrogen and oxygen atoms in total. The number of halogens is 1. The molecule has 0 spiro atoms. The highest BCUT2D eigenvalue weighted by Gasteiger charge is 2.38. The van der Waals surface area contributed by atoms with Crippen LogP contribution in [0.3, 0.4) is 0 Å². The van der Waals surface area contributed by atoms with Gasteiger partial charge in [-0.05, 0) is 20.8 Å². The molecule has 0 aromatic rings. The van der Waals surface area contributed by atoms with E-state index in [-0.39, 0.29) is 30.6 Å². The van der Waals surface area contributed by atoms with E-state index >= 15 is 0 Å². The van der Waals surface area contributed by atoms with Crippen LogP contribution in [0.25, 0.3) is 0 Å². The Labute approximate surface area is 108 Å². The Morgan fingerprint density at radius 1 is 1.41 bits per heavy atom. The molecule has 0 aromatic heterocycles. The van der Waals surface area contributed by atoms with Crippen LogP contribution in [0.4, 0.5) is 4.79 Å². The lowest BCUT2D eigenvalue weighted by atomic mass is 10.2. The largest absolute Gasteiger partial charge is 0.444 e. The number of ether oxygens (including phenoxy) is 2. The van der Waals surface area contributed by atoms with Crippen molar-refractivity contribution in [1.29, 1.82) is 0 Å². The number of hydrogen-bond donors (Lipinski definition) is 1. The number of amides is 1. The van der Waals surface area contributed by atoms with E-state index in [1.807, 2.05) is 20.8 Å². The zero-order valence-electron chi connectivity index (χ0n) is 10.6. The van der Waals surface area contributed by atoms with Crippen molar-refractivity contribution < 1.29 is 14.3 Å². The Morgan fingerprint density at radius 2 is 2.12 bits per heavy atom. The molecule has 2 fully saturated rings. The lowest BCUT2D eigenvalue weighted by Crippen LogP contribution is -2.47. The van der Waals surface area contributed by atoms with Gasteiger partial charge in [0.2, 0.25) is 0 Å². The molecular formula is C11H21ClN2O3. The van der Waals surface area contributed by atoms with Crippen LogP contribution in [-0.4, -0.2) is 55.0 Å². The minimum Gasteiger partial charge on any atom is -0.444 e. The van der Waals surface area contributed by atoms with Crippen molar-refractivity contribution in [2.24, 2.45) is 0 Å². The average molecular weight is 265 g/mol. The summed E-state index contributed by atoms with van der Waals surface area (Å²) in [6.07, 6.45) is -0.117. The topological polar surface area (TPSA) is 50.8 Å². The number of fused-ring (bicyclic) bond motifs is 1. The fourth-order valence-corrected chi connectivity index (χ4v) is 2.07. The molecule has 2 atom stereocenters. The number of rotatable bonds is 0. The second-order valence-electron chi connectivity index (χ2n) is 5.36. The molecule has 17 heavy (non-hydrogen) atoms. The van der Waals surface area contributed by atoms with E-state index in [0.29, 0.717) is 13.1 Å². The molecule has 2 saturated heterocycles. The molecule has 6 heteroatoms. The lowest BCUT2D eigenvalue weighted by Gasteiger charge is -2.25. The summed E-state index contributed by atoms with van der Waals surface area (Å²) in [4.78, 5) is 13.5. The minimum atomic E-state index is -0.431. The fraction of sp³-hybridized carbons (Fsp3) is 0.909. The summed E-state index contributed by atoms with van der Waals surface area (Å²) in [6.45, 7) is 8.53. The molecular weight excluding hydrogens is 244 g/mol. The second-order valence-corrected chi connectivity index (χ2v) is 5.36. The molecule has 2 rings (SSSR count). The Hall–Kier alpha value is -0.520. The molecule has 2 heterocycles. The summed E-state index contributed by atoms with van der Waals surface area (Å²) in [5, 5.41) is 3.35. The minimum absolute atomic E-state index is 0. The predicted molar refractivity (Wildman–Crippen MR) is 66.6 cm³/mol. The van der Waals surface area contributed by atoms with Gasteiger partial charge in [0.1, 0.15) is 5.60 Å². The summed E-state index contributed by atoms with van der Waals surface area (Å²) in [5.74, 6) is 0. The maximum atomic E-state index is 11.8. The molecule has 0 unspecified atom stereocenters. The zero-order chi connectivity index (χ0) is 11.8. The number of nitrogens with zero attached hydrogens (tertiary/aromatic N) is 1. The monoisotopic (exact) mass is 264 g/mol. The fourth-order valence-electron chi connectivity index (χ4n) is 2.07. The van der Waals surface area contributed by atoms with Crippen LogP contribution in [0.5, 0.6) is 0 Å². The maximum Gasteiger partial charge on any atom is 0.410 e. The first-order chi connectivity index (χ1) is 7.46. The third kappa shape index (κ3) is 3.72. The Balaban J connectivity index is 0.00000144. The van der Waals surface area contributed by atoms with E-state index in [2.05, 4.69) is 5.32 Å². The van der Waals surface area contributed by atoms with Crippen molar-refractivity contribution in [3.63, 3.8) is 0 Å². The van der Waals surface area contributed by atoms with E-state index < -0.39 is 5.60 Å². The van der Waals surface area contributed by atoms with Crippen molar-refractivity contribution in [3.8, 4) is 0 Å². The Bertz CT molecular complexity index is 266. The van der Waals surface area contributed by atoms with E-state index in [9.17, 15) is 4.79 Å². The zero-order valence-corrected chi connectivity index (χ0v) is 11.4. The first-order valence-electron chi connectivity index (χ1n) is 5.78. The molecule has 100 valence electrons. The number of hydrogen-bond acceptors (Lipinski definition) is 4. The second kappa shape index (κ2) is 5.42. The van der Waals surface area contributed by atoms with E-state index in [1.54, 1.807) is 4.90 Å². The molecule has 2 aliphatic heterocycles. The van der Waals surface area contributed by atoms with Crippen LogP contribution in [0.2, 0.25) is 0 Å². The highest BCUT2D eigenvalue weighted by Crippen LogP contribution is 2.19. The van der Waals surface area contributed by atoms with Crippen molar-refractivity contribution in [2.75, 3.05) is 26.2 Å². The van der Waals surface area contributed by atoms with Crippen LogP contribution < -0.4 is 5.32 Å². The average Bonchev–Trinajstić information content (AvgIpc) is 2.58. The number of nitrogens with one attached hydrogen (secondary N) is 1. The molecule has 1 N–H and O–H groups in total. The smallest absolute Gasteiger partial charge is 0.410 e. The van der Waals surface area contributed by atoms with Crippen LogP contribution in [0.1, 0.15) is 20.8 Å². The Morgan fingerprint density at radius 3 is 2.71 bits per heavy atom. The molecule has 1 amide bonds.